The Morgan fingerprint density at radius 2 is 1.06 bits per heavy atom. The summed E-state index contributed by atoms with van der Waals surface area (Å²) in [6, 6.07) is 24.2. The highest BCUT2D eigenvalue weighted by Gasteiger charge is 2.50. The van der Waals surface area contributed by atoms with Gasteiger partial charge in [0.25, 0.3) is 0 Å². The Bertz CT molecular complexity index is 1170. The summed E-state index contributed by atoms with van der Waals surface area (Å²) in [4.78, 5) is 38.0. The highest BCUT2D eigenvalue weighted by atomic mass is 16.7. The van der Waals surface area contributed by atoms with E-state index in [2.05, 4.69) is 0 Å². The topological polar surface area (TPSA) is 129 Å². The Labute approximate surface area is 206 Å². The summed E-state index contributed by atoms with van der Waals surface area (Å²) in [6.45, 7) is -0.455. The first-order valence-electron chi connectivity index (χ1n) is 11.2. The Hall–Kier alpha value is -4.05. The van der Waals surface area contributed by atoms with Crippen molar-refractivity contribution < 1.29 is 43.5 Å². The molecule has 0 bridgehead atoms. The molecule has 9 heteroatoms. The minimum absolute atomic E-state index is 0.186. The SMILES string of the molecule is O=C(OC[C@H]1O[C@H](O)[C@@H](O)[C@@H](OC(=O)c2ccccc2)[C@@H]1OC(=O)c1ccccc1)c1ccccc1. The molecule has 1 fully saturated rings. The van der Waals surface area contributed by atoms with Crippen LogP contribution in [0.2, 0.25) is 0 Å². The molecule has 5 atom stereocenters. The Kier molecular flexibility index (Phi) is 8.06. The molecule has 9 nitrogen and oxygen atoms in total. The fourth-order valence-corrected chi connectivity index (χ4v) is 3.67. The van der Waals surface area contributed by atoms with Gasteiger partial charge in [-0.3, -0.25) is 0 Å². The number of esters is 3. The van der Waals surface area contributed by atoms with Gasteiger partial charge in [-0.15, -0.1) is 0 Å². The summed E-state index contributed by atoms with van der Waals surface area (Å²) in [7, 11) is 0. The van der Waals surface area contributed by atoms with E-state index < -0.39 is 55.2 Å². The van der Waals surface area contributed by atoms with Crippen molar-refractivity contribution >= 4 is 17.9 Å². The molecule has 36 heavy (non-hydrogen) atoms. The van der Waals surface area contributed by atoms with Gasteiger partial charge in [0.1, 0.15) is 18.8 Å². The molecule has 1 heterocycles. The Morgan fingerprint density at radius 1 is 0.639 bits per heavy atom. The number of carbonyl (C=O) groups excluding carboxylic acids is 3. The third-order valence-electron chi connectivity index (χ3n) is 5.53. The number of rotatable bonds is 7. The number of carbonyl (C=O) groups is 3. The second-order valence-electron chi connectivity index (χ2n) is 7.99. The van der Waals surface area contributed by atoms with Gasteiger partial charge in [0, 0.05) is 0 Å². The number of benzene rings is 3. The summed E-state index contributed by atoms with van der Waals surface area (Å²) in [6.07, 6.45) is -7.72. The molecule has 0 aliphatic carbocycles. The van der Waals surface area contributed by atoms with Crippen molar-refractivity contribution in [2.24, 2.45) is 0 Å². The first-order valence-corrected chi connectivity index (χ1v) is 11.2. The largest absolute Gasteiger partial charge is 0.459 e. The standard InChI is InChI=1S/C27H24O9/c28-21-23(36-26(31)19-14-8-3-9-15-19)22(35-25(30)18-12-6-2-7-13-18)20(34-27(21)32)16-33-24(29)17-10-4-1-5-11-17/h1-15,20-23,27-28,32H,16H2/t20-,21+,22-,23-,27+/m1/s1. The van der Waals surface area contributed by atoms with Gasteiger partial charge in [-0.25, -0.2) is 14.4 Å². The predicted octanol–water partition coefficient (Wildman–Crippen LogP) is 2.37. The first-order chi connectivity index (χ1) is 17.4. The monoisotopic (exact) mass is 492 g/mol. The second kappa shape index (κ2) is 11.6. The van der Waals surface area contributed by atoms with Gasteiger partial charge in [-0.2, -0.15) is 0 Å². The van der Waals surface area contributed by atoms with Crippen molar-refractivity contribution in [3.05, 3.63) is 108 Å². The van der Waals surface area contributed by atoms with Gasteiger partial charge in [0.15, 0.2) is 18.5 Å². The van der Waals surface area contributed by atoms with Crippen LogP contribution in [-0.2, 0) is 18.9 Å². The minimum atomic E-state index is -1.80. The molecule has 2 N–H and O–H groups in total. The number of hydrogen-bond acceptors (Lipinski definition) is 9. The molecule has 0 amide bonds. The molecular formula is C27H24O9. The lowest BCUT2D eigenvalue weighted by atomic mass is 9.98. The molecule has 3 aromatic carbocycles. The van der Waals surface area contributed by atoms with Crippen LogP contribution in [0.1, 0.15) is 31.1 Å². The van der Waals surface area contributed by atoms with E-state index in [4.69, 9.17) is 18.9 Å². The number of aliphatic hydroxyl groups is 2. The highest BCUT2D eigenvalue weighted by molar-refractivity contribution is 5.90. The summed E-state index contributed by atoms with van der Waals surface area (Å²) in [5, 5.41) is 20.9. The molecule has 186 valence electrons. The zero-order valence-electron chi connectivity index (χ0n) is 19.0. The van der Waals surface area contributed by atoms with Gasteiger partial charge in [-0.1, -0.05) is 54.6 Å². The zero-order valence-corrected chi connectivity index (χ0v) is 19.0. The third-order valence-corrected chi connectivity index (χ3v) is 5.53. The van der Waals surface area contributed by atoms with Crippen LogP contribution >= 0.6 is 0 Å². The molecule has 0 aromatic heterocycles. The molecule has 0 spiro atoms. The van der Waals surface area contributed by atoms with Crippen LogP contribution in [0.3, 0.4) is 0 Å². The zero-order chi connectivity index (χ0) is 25.5. The molecule has 1 saturated heterocycles. The first kappa shape index (κ1) is 25.1. The van der Waals surface area contributed by atoms with E-state index >= 15 is 0 Å². The van der Waals surface area contributed by atoms with Crippen LogP contribution in [0.15, 0.2) is 91.0 Å². The fraction of sp³-hybridized carbons (Fsp3) is 0.222. The van der Waals surface area contributed by atoms with Gasteiger partial charge >= 0.3 is 17.9 Å². The average molecular weight is 492 g/mol. The molecule has 0 saturated carbocycles. The Morgan fingerprint density at radius 3 is 1.53 bits per heavy atom. The maximum atomic E-state index is 12.8. The van der Waals surface area contributed by atoms with Gasteiger partial charge < -0.3 is 29.2 Å². The maximum Gasteiger partial charge on any atom is 0.338 e. The van der Waals surface area contributed by atoms with Crippen molar-refractivity contribution in [2.45, 2.75) is 30.7 Å². The number of aliphatic hydroxyl groups excluding tert-OH is 2. The molecule has 3 aromatic rings. The lowest BCUT2D eigenvalue weighted by Gasteiger charge is -2.41. The van der Waals surface area contributed by atoms with E-state index in [0.29, 0.717) is 0 Å². The quantitative estimate of drug-likeness (QED) is 0.377. The normalized spacial score (nSPS) is 23.3. The highest BCUT2D eigenvalue weighted by Crippen LogP contribution is 2.27. The van der Waals surface area contributed by atoms with E-state index in [1.165, 1.54) is 24.3 Å². The lowest BCUT2D eigenvalue weighted by molar-refractivity contribution is -0.285. The van der Waals surface area contributed by atoms with Gasteiger partial charge in [0.2, 0.25) is 0 Å². The van der Waals surface area contributed by atoms with Crippen molar-refractivity contribution in [3.63, 3.8) is 0 Å². The summed E-state index contributed by atoms with van der Waals surface area (Å²) >= 11 is 0. The van der Waals surface area contributed by atoms with Crippen molar-refractivity contribution in [3.8, 4) is 0 Å². The van der Waals surface area contributed by atoms with Crippen LogP contribution in [0.4, 0.5) is 0 Å². The van der Waals surface area contributed by atoms with Crippen LogP contribution in [-0.4, -0.2) is 65.4 Å². The third kappa shape index (κ3) is 5.95. The van der Waals surface area contributed by atoms with Gasteiger partial charge in [0.05, 0.1) is 16.7 Å². The van der Waals surface area contributed by atoms with E-state index in [-0.39, 0.29) is 16.7 Å². The van der Waals surface area contributed by atoms with E-state index in [0.717, 1.165) is 0 Å². The van der Waals surface area contributed by atoms with E-state index in [9.17, 15) is 24.6 Å². The molecule has 0 unspecified atom stereocenters. The van der Waals surface area contributed by atoms with Crippen LogP contribution < -0.4 is 0 Å². The molecule has 0 radical (unpaired) electrons. The van der Waals surface area contributed by atoms with Crippen molar-refractivity contribution in [2.75, 3.05) is 6.61 Å². The second-order valence-corrected chi connectivity index (χ2v) is 7.99. The maximum absolute atomic E-state index is 12.8. The number of hydrogen-bond donors (Lipinski definition) is 2. The summed E-state index contributed by atoms with van der Waals surface area (Å²) in [5.41, 5.74) is 0.663. The molecule has 1 aliphatic heterocycles. The molecule has 1 aliphatic rings. The van der Waals surface area contributed by atoms with Crippen molar-refractivity contribution in [1.82, 2.24) is 0 Å². The summed E-state index contributed by atoms with van der Waals surface area (Å²) < 4.78 is 21.8. The molecule has 4 rings (SSSR count). The van der Waals surface area contributed by atoms with Crippen molar-refractivity contribution in [1.29, 1.82) is 0 Å². The average Bonchev–Trinajstić information content (AvgIpc) is 2.92. The van der Waals surface area contributed by atoms with E-state index in [1.807, 2.05) is 0 Å². The minimum Gasteiger partial charge on any atom is -0.459 e. The molecular weight excluding hydrogens is 468 g/mol. The Balaban J connectivity index is 1.57. The van der Waals surface area contributed by atoms with Crippen LogP contribution in [0.5, 0.6) is 0 Å². The van der Waals surface area contributed by atoms with E-state index in [1.54, 1.807) is 66.7 Å². The predicted molar refractivity (Wildman–Crippen MR) is 125 cm³/mol. The lowest BCUT2D eigenvalue weighted by Crippen LogP contribution is -2.61. The van der Waals surface area contributed by atoms with Gasteiger partial charge in [-0.05, 0) is 36.4 Å². The number of ether oxygens (including phenoxy) is 4. The fourth-order valence-electron chi connectivity index (χ4n) is 3.67. The summed E-state index contributed by atoms with van der Waals surface area (Å²) in [5.74, 6) is -2.27. The smallest absolute Gasteiger partial charge is 0.338 e. The van der Waals surface area contributed by atoms with Crippen LogP contribution in [0.25, 0.3) is 0 Å². The van der Waals surface area contributed by atoms with Crippen LogP contribution in [0, 0.1) is 0 Å².